The first-order chi connectivity index (χ1) is 13.4. The number of nitrogens with zero attached hydrogens (tertiary/aromatic N) is 1. The minimum Gasteiger partial charge on any atom is -0.465 e. The van der Waals surface area contributed by atoms with Crippen LogP contribution in [-0.2, 0) is 29.8 Å². The third kappa shape index (κ3) is 7.21. The van der Waals surface area contributed by atoms with Gasteiger partial charge < -0.3 is 4.74 Å². The number of benzene rings is 1. The lowest BCUT2D eigenvalue weighted by molar-refractivity contribution is -0.384. The van der Waals surface area contributed by atoms with Gasteiger partial charge in [0.15, 0.2) is 0 Å². The van der Waals surface area contributed by atoms with Crippen molar-refractivity contribution in [3.05, 3.63) is 76.4 Å². The Hall–Kier alpha value is -2.58. The van der Waals surface area contributed by atoms with E-state index in [1.165, 1.54) is 24.3 Å². The van der Waals surface area contributed by atoms with E-state index < -0.39 is 24.7 Å². The number of hydrogen-bond acceptors (Lipinski definition) is 7. The fourth-order valence-corrected chi connectivity index (χ4v) is 3.46. The summed E-state index contributed by atoms with van der Waals surface area (Å²) in [5, 5.41) is 13.2. The Morgan fingerprint density at radius 2 is 1.82 bits per heavy atom. The minimum absolute atomic E-state index is 0.0650. The summed E-state index contributed by atoms with van der Waals surface area (Å²) < 4.78 is 28.9. The minimum atomic E-state index is -3.90. The number of allylic oxidation sites excluding steroid dienone is 4. The van der Waals surface area contributed by atoms with Gasteiger partial charge in [0.25, 0.3) is 5.69 Å². The number of non-ortho nitro benzene ring substituents is 1. The normalized spacial score (nSPS) is 15.8. The maximum Gasteiger partial charge on any atom is 0.407 e. The van der Waals surface area contributed by atoms with Gasteiger partial charge in [-0.15, -0.1) is 0 Å². The molecule has 150 valence electrons. The van der Waals surface area contributed by atoms with E-state index in [0.717, 1.165) is 0 Å². The highest BCUT2D eigenvalue weighted by Gasteiger charge is 2.29. The molecule has 10 heteroatoms. The van der Waals surface area contributed by atoms with Crippen LogP contribution in [0.15, 0.2) is 60.7 Å². The number of esters is 1. The van der Waals surface area contributed by atoms with Gasteiger partial charge in [-0.05, 0) is 24.6 Å². The molecule has 0 aromatic heterocycles. The van der Waals surface area contributed by atoms with Crippen molar-refractivity contribution >= 4 is 19.4 Å². The predicted molar refractivity (Wildman–Crippen MR) is 102 cm³/mol. The monoisotopic (exact) mass is 408 g/mol. The lowest BCUT2D eigenvalue weighted by Crippen LogP contribution is -2.25. The molecular weight excluding hydrogens is 387 g/mol. The Bertz CT molecular complexity index is 802. The van der Waals surface area contributed by atoms with E-state index in [4.69, 9.17) is 13.8 Å². The largest absolute Gasteiger partial charge is 0.465 e. The molecule has 0 spiro atoms. The molecule has 1 aromatic rings. The summed E-state index contributed by atoms with van der Waals surface area (Å²) >= 11 is 0. The highest BCUT2D eigenvalue weighted by Crippen LogP contribution is 2.46. The van der Waals surface area contributed by atoms with Gasteiger partial charge in [0.05, 0.1) is 18.1 Å². The zero-order chi connectivity index (χ0) is 20.4. The second-order valence-electron chi connectivity index (χ2n) is 5.56. The van der Waals surface area contributed by atoms with E-state index >= 15 is 0 Å². The lowest BCUT2D eigenvalue weighted by atomic mass is 10.2. The summed E-state index contributed by atoms with van der Waals surface area (Å²) in [5.41, 5.74) is 0.492. The third-order valence-electron chi connectivity index (χ3n) is 3.47. The Kier molecular flexibility index (Phi) is 8.28. The van der Waals surface area contributed by atoms with Crippen molar-refractivity contribution in [2.75, 3.05) is 13.2 Å². The van der Waals surface area contributed by atoms with Gasteiger partial charge in [-0.1, -0.05) is 36.5 Å². The predicted octanol–water partition coefficient (Wildman–Crippen LogP) is 3.44. The fourth-order valence-electron chi connectivity index (χ4n) is 2.13. The highest BCUT2D eigenvalue weighted by molar-refractivity contribution is 7.51. The lowest BCUT2D eigenvalue weighted by Gasteiger charge is -2.21. The van der Waals surface area contributed by atoms with Gasteiger partial charge in [0.1, 0.15) is 12.6 Å². The smallest absolute Gasteiger partial charge is 0.407 e. The quantitative estimate of drug-likeness (QED) is 0.271. The van der Waals surface area contributed by atoms with Crippen LogP contribution >= 0.6 is 7.75 Å². The van der Waals surface area contributed by atoms with Crippen LogP contribution in [0.25, 0.3) is 0 Å². The molecule has 1 N–H and O–H groups in total. The van der Waals surface area contributed by atoms with Gasteiger partial charge in [0, 0.05) is 12.1 Å². The van der Waals surface area contributed by atoms with Crippen molar-refractivity contribution in [3.8, 4) is 0 Å². The van der Waals surface area contributed by atoms with Crippen molar-refractivity contribution in [1.29, 1.82) is 0 Å². The van der Waals surface area contributed by atoms with Gasteiger partial charge in [-0.3, -0.25) is 24.0 Å². The molecule has 0 fully saturated rings. The van der Waals surface area contributed by atoms with Crippen LogP contribution in [0.3, 0.4) is 0 Å². The van der Waals surface area contributed by atoms with Gasteiger partial charge in [0.2, 0.25) is 0 Å². The van der Waals surface area contributed by atoms with Crippen molar-refractivity contribution in [2.24, 2.45) is 0 Å². The molecule has 0 heterocycles. The standard InChI is InChI=1S/C18H21N2O7P/c1-2-25-18(21)13-19-28(24,27-17-7-5-3-4-6-8-17)26-14-15-9-11-16(12-10-15)20(22)23/h3-12,17H,2,13-14H2,1H3,(H,19,24). The average molecular weight is 408 g/mol. The van der Waals surface area contributed by atoms with E-state index in [9.17, 15) is 19.5 Å². The van der Waals surface area contributed by atoms with Crippen molar-refractivity contribution in [2.45, 2.75) is 19.6 Å². The molecule has 2 rings (SSSR count). The van der Waals surface area contributed by atoms with Gasteiger partial charge >= 0.3 is 13.7 Å². The molecule has 1 aliphatic carbocycles. The highest BCUT2D eigenvalue weighted by atomic mass is 31.2. The average Bonchev–Trinajstić information content (AvgIpc) is 2.94. The number of nitro groups is 1. The second-order valence-corrected chi connectivity index (χ2v) is 7.34. The molecule has 1 aromatic carbocycles. The summed E-state index contributed by atoms with van der Waals surface area (Å²) in [6.45, 7) is 1.36. The Balaban J connectivity index is 2.06. The Morgan fingerprint density at radius 1 is 1.18 bits per heavy atom. The number of nitro benzene ring substituents is 1. The van der Waals surface area contributed by atoms with E-state index in [-0.39, 0.29) is 25.4 Å². The van der Waals surface area contributed by atoms with Crippen LogP contribution in [0.1, 0.15) is 12.5 Å². The zero-order valence-electron chi connectivity index (χ0n) is 15.2. The van der Waals surface area contributed by atoms with Crippen LogP contribution in [0.5, 0.6) is 0 Å². The van der Waals surface area contributed by atoms with Crippen LogP contribution in [0.2, 0.25) is 0 Å². The molecular formula is C18H21N2O7P. The SMILES string of the molecule is CCOC(=O)CNP(=O)(OCc1ccc([N+](=O)[O-])cc1)OC1C=CC=CC=C1. The molecule has 0 saturated heterocycles. The Morgan fingerprint density at radius 3 is 2.39 bits per heavy atom. The maximum absolute atomic E-state index is 13.1. The van der Waals surface area contributed by atoms with Crippen LogP contribution < -0.4 is 5.09 Å². The maximum atomic E-state index is 13.1. The van der Waals surface area contributed by atoms with Crippen molar-refractivity contribution < 1.29 is 28.1 Å². The zero-order valence-corrected chi connectivity index (χ0v) is 16.1. The molecule has 9 nitrogen and oxygen atoms in total. The molecule has 0 amide bonds. The molecule has 0 radical (unpaired) electrons. The number of carbonyl (C=O) groups is 1. The number of rotatable bonds is 10. The van der Waals surface area contributed by atoms with Crippen LogP contribution in [-0.4, -0.2) is 30.1 Å². The molecule has 0 bridgehead atoms. The first kappa shape index (κ1) is 21.7. The number of carbonyl (C=O) groups excluding carboxylic acids is 1. The summed E-state index contributed by atoms with van der Waals surface area (Å²) in [7, 11) is -3.90. The van der Waals surface area contributed by atoms with E-state index in [0.29, 0.717) is 5.56 Å². The van der Waals surface area contributed by atoms with Crippen LogP contribution in [0.4, 0.5) is 5.69 Å². The molecule has 28 heavy (non-hydrogen) atoms. The number of hydrogen-bond donors (Lipinski definition) is 1. The first-order valence-electron chi connectivity index (χ1n) is 8.50. The van der Waals surface area contributed by atoms with Crippen molar-refractivity contribution in [3.63, 3.8) is 0 Å². The Labute approximate surface area is 162 Å². The van der Waals surface area contributed by atoms with Crippen LogP contribution in [0, 0.1) is 10.1 Å². The molecule has 1 aliphatic rings. The van der Waals surface area contributed by atoms with E-state index in [1.54, 1.807) is 43.4 Å². The van der Waals surface area contributed by atoms with Crippen molar-refractivity contribution in [1.82, 2.24) is 5.09 Å². The topological polar surface area (TPSA) is 117 Å². The number of nitrogens with one attached hydrogen (secondary N) is 1. The second kappa shape index (κ2) is 10.7. The molecule has 1 unspecified atom stereocenters. The van der Waals surface area contributed by atoms with Gasteiger partial charge in [-0.2, -0.15) is 0 Å². The first-order valence-corrected chi connectivity index (χ1v) is 10.0. The third-order valence-corrected chi connectivity index (χ3v) is 5.00. The summed E-state index contributed by atoms with van der Waals surface area (Å²) in [6.07, 6.45) is 9.76. The summed E-state index contributed by atoms with van der Waals surface area (Å²) in [4.78, 5) is 21.8. The molecule has 1 atom stereocenters. The summed E-state index contributed by atoms with van der Waals surface area (Å²) in [6, 6.07) is 5.62. The molecule has 0 aliphatic heterocycles. The van der Waals surface area contributed by atoms with E-state index in [1.807, 2.05) is 0 Å². The van der Waals surface area contributed by atoms with E-state index in [2.05, 4.69) is 5.09 Å². The summed E-state index contributed by atoms with van der Waals surface area (Å²) in [5.74, 6) is -0.598. The molecule has 0 saturated carbocycles. The fraction of sp³-hybridized carbons (Fsp3) is 0.278. The van der Waals surface area contributed by atoms with Gasteiger partial charge in [-0.25, -0.2) is 9.65 Å². The number of ether oxygens (including phenoxy) is 1.